The van der Waals surface area contributed by atoms with E-state index in [-0.39, 0.29) is 0 Å². The lowest BCUT2D eigenvalue weighted by atomic mass is 9.97. The second kappa shape index (κ2) is 12.0. The second-order valence-electron chi connectivity index (χ2n) is 6.84. The summed E-state index contributed by atoms with van der Waals surface area (Å²) in [5.41, 5.74) is 5.35. The molecule has 1 fully saturated rings. The molecule has 0 aromatic carbocycles. The van der Waals surface area contributed by atoms with Crippen molar-refractivity contribution in [2.75, 3.05) is 6.61 Å². The fourth-order valence-electron chi connectivity index (χ4n) is 2.85. The summed E-state index contributed by atoms with van der Waals surface area (Å²) < 4.78 is 26.1. The van der Waals surface area contributed by atoms with Gasteiger partial charge in [-0.1, -0.05) is 0 Å². The Balaban J connectivity index is 3.30. The monoisotopic (exact) mass is 462 g/mol. The summed E-state index contributed by atoms with van der Waals surface area (Å²) >= 11 is 0. The highest BCUT2D eigenvalue weighted by molar-refractivity contribution is 5.84. The van der Waals surface area contributed by atoms with Gasteiger partial charge in [-0.15, -0.1) is 0 Å². The van der Waals surface area contributed by atoms with Crippen molar-refractivity contribution in [3.05, 3.63) is 0 Å². The highest BCUT2D eigenvalue weighted by Crippen LogP contribution is 2.28. The minimum atomic E-state index is -1.53. The third-order valence-electron chi connectivity index (χ3n) is 4.02. The van der Waals surface area contributed by atoms with Gasteiger partial charge in [0.05, 0.1) is 6.42 Å². The first-order valence-electron chi connectivity index (χ1n) is 9.40. The minimum absolute atomic E-state index is 0.473. The maximum Gasteiger partial charge on any atom is 0.321 e. The zero-order chi connectivity index (χ0) is 24.6. The van der Waals surface area contributed by atoms with Gasteiger partial charge >= 0.3 is 29.8 Å². The van der Waals surface area contributed by atoms with Crippen LogP contribution in [0.2, 0.25) is 0 Å². The van der Waals surface area contributed by atoms with E-state index in [2.05, 4.69) is 5.32 Å². The predicted octanol–water partition coefficient (Wildman–Crippen LogP) is -2.01. The number of carbonyl (C=O) groups excluding carboxylic acids is 5. The number of ether oxygens (including phenoxy) is 5. The molecule has 4 N–H and O–H groups in total. The predicted molar refractivity (Wildman–Crippen MR) is 100 cm³/mol. The van der Waals surface area contributed by atoms with Crippen LogP contribution in [0.4, 0.5) is 0 Å². The Morgan fingerprint density at radius 2 is 1.38 bits per heavy atom. The topological polar surface area (TPSA) is 207 Å². The Hall–Kier alpha value is -3.26. The van der Waals surface area contributed by atoms with Gasteiger partial charge in [0, 0.05) is 27.7 Å². The van der Waals surface area contributed by atoms with Crippen LogP contribution in [0.15, 0.2) is 0 Å². The van der Waals surface area contributed by atoms with Crippen molar-refractivity contribution in [1.29, 1.82) is 0 Å². The van der Waals surface area contributed by atoms with Crippen LogP contribution in [0.25, 0.3) is 0 Å². The molecule has 0 radical (unpaired) electrons. The first-order valence-corrected chi connectivity index (χ1v) is 9.40. The number of nitrogens with one attached hydrogen (secondary N) is 1. The summed E-state index contributed by atoms with van der Waals surface area (Å²) in [6.45, 7) is 3.79. The van der Waals surface area contributed by atoms with Gasteiger partial charge in [0.25, 0.3) is 0 Å². The van der Waals surface area contributed by atoms with E-state index in [1.54, 1.807) is 0 Å². The molecule has 180 valence electrons. The van der Waals surface area contributed by atoms with Crippen LogP contribution in [-0.4, -0.2) is 84.2 Å². The van der Waals surface area contributed by atoms with Gasteiger partial charge in [0.15, 0.2) is 24.5 Å². The molecule has 0 aromatic rings. The van der Waals surface area contributed by atoms with E-state index in [4.69, 9.17) is 34.5 Å². The molecule has 1 amide bonds. The first-order chi connectivity index (χ1) is 14.8. The summed E-state index contributed by atoms with van der Waals surface area (Å²) in [5.74, 6) is -5.51. The number of hydrogen-bond acceptors (Lipinski definition) is 12. The Bertz CT molecular complexity index is 754. The third-order valence-corrected chi connectivity index (χ3v) is 4.02. The fourth-order valence-corrected chi connectivity index (χ4v) is 2.85. The molecule has 1 saturated heterocycles. The maximum absolute atomic E-state index is 12.3. The van der Waals surface area contributed by atoms with Crippen LogP contribution in [0.5, 0.6) is 0 Å². The maximum atomic E-state index is 12.3. The SMILES string of the molecule is CC(=O)OC[C@H]1O[C@H](NC(=O)C[C@H](N)C(=O)O)[C@H](OC(C)=O)[C@@H](OC(C)=O)[C@H]1OC(C)=O. The van der Waals surface area contributed by atoms with Crippen molar-refractivity contribution in [2.24, 2.45) is 5.73 Å². The molecule has 1 rings (SSSR count). The molecule has 1 heterocycles. The van der Waals surface area contributed by atoms with E-state index in [0.717, 1.165) is 27.7 Å². The number of carboxylic acid groups (broad SMARTS) is 1. The molecule has 0 unspecified atom stereocenters. The number of nitrogens with two attached hydrogens (primary N) is 1. The van der Waals surface area contributed by atoms with Crippen molar-refractivity contribution in [3.63, 3.8) is 0 Å². The lowest BCUT2D eigenvalue weighted by molar-refractivity contribution is -0.257. The molecule has 0 spiro atoms. The number of esters is 4. The van der Waals surface area contributed by atoms with Gasteiger partial charge in [-0.3, -0.25) is 28.8 Å². The normalized spacial score (nSPS) is 25.6. The zero-order valence-electron chi connectivity index (χ0n) is 17.9. The molecule has 1 aliphatic heterocycles. The van der Waals surface area contributed by atoms with Gasteiger partial charge in [-0.25, -0.2) is 0 Å². The lowest BCUT2D eigenvalue weighted by Crippen LogP contribution is -2.66. The number of aliphatic carboxylic acids is 1. The molecule has 0 aliphatic carbocycles. The highest BCUT2D eigenvalue weighted by Gasteiger charge is 2.52. The summed E-state index contributed by atoms with van der Waals surface area (Å²) in [5, 5.41) is 11.2. The molecule has 6 atom stereocenters. The average Bonchev–Trinajstić information content (AvgIpc) is 2.63. The van der Waals surface area contributed by atoms with Crippen LogP contribution in [0.3, 0.4) is 0 Å². The Morgan fingerprint density at radius 1 is 0.875 bits per heavy atom. The summed E-state index contributed by atoms with van der Waals surface area (Å²) in [4.78, 5) is 69.4. The smallest absolute Gasteiger partial charge is 0.321 e. The van der Waals surface area contributed by atoms with Gasteiger partial charge in [-0.05, 0) is 0 Å². The average molecular weight is 462 g/mol. The summed E-state index contributed by atoms with van der Waals surface area (Å²) in [6.07, 6.45) is -7.74. The minimum Gasteiger partial charge on any atom is -0.480 e. The van der Waals surface area contributed by atoms with E-state index in [9.17, 15) is 28.8 Å². The van der Waals surface area contributed by atoms with Crippen LogP contribution in [0.1, 0.15) is 34.1 Å². The van der Waals surface area contributed by atoms with Crippen molar-refractivity contribution in [3.8, 4) is 0 Å². The zero-order valence-corrected chi connectivity index (χ0v) is 17.9. The largest absolute Gasteiger partial charge is 0.480 e. The van der Waals surface area contributed by atoms with Crippen molar-refractivity contribution in [1.82, 2.24) is 5.32 Å². The summed E-state index contributed by atoms with van der Waals surface area (Å²) in [6, 6.07) is -1.53. The first kappa shape index (κ1) is 26.8. The van der Waals surface area contributed by atoms with E-state index < -0.39 is 85.5 Å². The van der Waals surface area contributed by atoms with Crippen LogP contribution >= 0.6 is 0 Å². The molecular formula is C18H26N2O12. The molecule has 14 nitrogen and oxygen atoms in total. The lowest BCUT2D eigenvalue weighted by Gasteiger charge is -2.44. The fraction of sp³-hybridized carbons (Fsp3) is 0.667. The molecule has 0 bridgehead atoms. The number of hydrogen-bond donors (Lipinski definition) is 3. The molecule has 1 aliphatic rings. The van der Waals surface area contributed by atoms with Crippen molar-refractivity contribution < 1.29 is 57.6 Å². The molecule has 32 heavy (non-hydrogen) atoms. The number of carboxylic acids is 1. The second-order valence-corrected chi connectivity index (χ2v) is 6.84. The Morgan fingerprint density at radius 3 is 1.84 bits per heavy atom. The molecule has 14 heteroatoms. The van der Waals surface area contributed by atoms with E-state index >= 15 is 0 Å². The van der Waals surface area contributed by atoms with Gasteiger partial charge in [-0.2, -0.15) is 0 Å². The molecule has 0 saturated carbocycles. The number of carbonyl (C=O) groups is 6. The van der Waals surface area contributed by atoms with Crippen LogP contribution in [0, 0.1) is 0 Å². The van der Waals surface area contributed by atoms with Gasteiger partial charge in [0.1, 0.15) is 18.8 Å². The van der Waals surface area contributed by atoms with E-state index in [1.165, 1.54) is 0 Å². The van der Waals surface area contributed by atoms with Gasteiger partial charge in [0.2, 0.25) is 5.91 Å². The van der Waals surface area contributed by atoms with Crippen molar-refractivity contribution >= 4 is 35.8 Å². The standard InChI is InChI=1S/C18H26N2O12/c1-7(21)28-6-12-14(29-8(2)22)15(30-9(3)23)16(31-10(4)24)17(32-12)20-13(25)5-11(19)18(26)27/h11-12,14-17H,5-6,19H2,1-4H3,(H,20,25)(H,26,27)/t11-,12+,14-,15-,16+,17-/m0/s1. The third kappa shape index (κ3) is 8.47. The van der Waals surface area contributed by atoms with Gasteiger partial charge < -0.3 is 39.8 Å². The number of amides is 1. The van der Waals surface area contributed by atoms with E-state index in [1.807, 2.05) is 0 Å². The molecular weight excluding hydrogens is 436 g/mol. The molecule has 0 aromatic heterocycles. The van der Waals surface area contributed by atoms with Crippen LogP contribution in [-0.2, 0) is 52.5 Å². The highest BCUT2D eigenvalue weighted by atomic mass is 16.7. The Kier molecular flexibility index (Phi) is 10.00. The van der Waals surface area contributed by atoms with Crippen LogP contribution < -0.4 is 11.1 Å². The Labute approximate surface area is 182 Å². The summed E-state index contributed by atoms with van der Waals surface area (Å²) in [7, 11) is 0. The van der Waals surface area contributed by atoms with E-state index in [0.29, 0.717) is 0 Å². The van der Waals surface area contributed by atoms with Crippen molar-refractivity contribution in [2.45, 2.75) is 70.8 Å². The quantitative estimate of drug-likeness (QED) is 0.250. The number of rotatable bonds is 9.